The van der Waals surface area contributed by atoms with E-state index in [-0.39, 0.29) is 16.3 Å². The highest BCUT2D eigenvalue weighted by molar-refractivity contribution is 7.12. The van der Waals surface area contributed by atoms with E-state index in [2.05, 4.69) is 4.98 Å². The van der Waals surface area contributed by atoms with Gasteiger partial charge in [0.15, 0.2) is 10.7 Å². The van der Waals surface area contributed by atoms with Crippen LogP contribution in [0, 0.1) is 0 Å². The minimum absolute atomic E-state index is 0.0505. The topological polar surface area (TPSA) is 98.5 Å². The minimum atomic E-state index is -1.20. The van der Waals surface area contributed by atoms with Crippen molar-refractivity contribution in [2.24, 2.45) is 0 Å². The predicted octanol–water partition coefficient (Wildman–Crippen LogP) is 3.81. The maximum Gasteiger partial charge on any atom is 0.419 e. The highest BCUT2D eigenvalue weighted by Gasteiger charge is 2.25. The summed E-state index contributed by atoms with van der Waals surface area (Å²) in [6, 6.07) is 6.93. The van der Waals surface area contributed by atoms with E-state index in [1.165, 1.54) is 16.1 Å². The summed E-state index contributed by atoms with van der Waals surface area (Å²) in [5.41, 5.74) is -0.0784. The molecule has 2 aromatic heterocycles. The molecule has 0 spiro atoms. The number of thiazole rings is 1. The van der Waals surface area contributed by atoms with E-state index >= 15 is 0 Å². The fourth-order valence-corrected chi connectivity index (χ4v) is 3.16. The first-order valence-corrected chi connectivity index (χ1v) is 8.62. The van der Waals surface area contributed by atoms with Crippen molar-refractivity contribution in [2.75, 3.05) is 0 Å². The molecule has 7 nitrogen and oxygen atoms in total. The molecule has 0 radical (unpaired) electrons. The lowest BCUT2D eigenvalue weighted by Crippen LogP contribution is -2.26. The normalized spacial score (nSPS) is 11.5. The van der Waals surface area contributed by atoms with Gasteiger partial charge >= 0.3 is 12.1 Å². The van der Waals surface area contributed by atoms with Crippen molar-refractivity contribution in [2.45, 2.75) is 26.4 Å². The lowest BCUT2D eigenvalue weighted by atomic mass is 10.1. The number of aromatic carboxylic acids is 1. The summed E-state index contributed by atoms with van der Waals surface area (Å²) in [5.74, 6) is -1.64. The Balaban J connectivity index is 2.07. The van der Waals surface area contributed by atoms with Gasteiger partial charge in [0, 0.05) is 17.0 Å². The van der Waals surface area contributed by atoms with Crippen LogP contribution in [0.4, 0.5) is 4.79 Å². The van der Waals surface area contributed by atoms with Crippen molar-refractivity contribution in [1.29, 1.82) is 0 Å². The van der Waals surface area contributed by atoms with Gasteiger partial charge in [0.2, 0.25) is 5.78 Å². The van der Waals surface area contributed by atoms with Crippen LogP contribution in [0.15, 0.2) is 35.8 Å². The second-order valence-corrected chi connectivity index (χ2v) is 7.44. The highest BCUT2D eigenvalue weighted by Crippen LogP contribution is 2.26. The first-order chi connectivity index (χ1) is 12.2. The first-order valence-electron chi connectivity index (χ1n) is 7.74. The smallest absolute Gasteiger partial charge is 0.419 e. The number of nitrogens with zero attached hydrogens (tertiary/aromatic N) is 2. The Morgan fingerprint density at radius 2 is 1.88 bits per heavy atom. The SMILES string of the molecule is CC(C)(C)OC(=O)n1cc(C(=O)c2nc(C(=O)O)cs2)c2ccccc21. The number of carbonyl (C=O) groups excluding carboxylic acids is 2. The summed E-state index contributed by atoms with van der Waals surface area (Å²) in [4.78, 5) is 40.1. The number of hydrogen-bond acceptors (Lipinski definition) is 6. The third-order valence-electron chi connectivity index (χ3n) is 3.46. The van der Waals surface area contributed by atoms with Crippen LogP contribution >= 0.6 is 11.3 Å². The molecule has 8 heteroatoms. The van der Waals surface area contributed by atoms with Gasteiger partial charge in [0.1, 0.15) is 5.60 Å². The minimum Gasteiger partial charge on any atom is -0.476 e. The predicted molar refractivity (Wildman–Crippen MR) is 96.1 cm³/mol. The lowest BCUT2D eigenvalue weighted by Gasteiger charge is -2.19. The van der Waals surface area contributed by atoms with Gasteiger partial charge < -0.3 is 9.84 Å². The maximum atomic E-state index is 12.8. The van der Waals surface area contributed by atoms with Crippen LogP contribution in [0.1, 0.15) is 46.6 Å². The molecule has 0 aliphatic carbocycles. The first kappa shape index (κ1) is 17.8. The Hall–Kier alpha value is -3.00. The van der Waals surface area contributed by atoms with Gasteiger partial charge in [-0.1, -0.05) is 18.2 Å². The van der Waals surface area contributed by atoms with Crippen LogP contribution in [0.5, 0.6) is 0 Å². The summed E-state index contributed by atoms with van der Waals surface area (Å²) in [6.07, 6.45) is 0.807. The quantitative estimate of drug-likeness (QED) is 0.702. The Labute approximate surface area is 152 Å². The molecule has 0 aliphatic heterocycles. The van der Waals surface area contributed by atoms with E-state index in [1.54, 1.807) is 45.0 Å². The van der Waals surface area contributed by atoms with Crippen LogP contribution in [-0.2, 0) is 4.74 Å². The Morgan fingerprint density at radius 3 is 2.50 bits per heavy atom. The third kappa shape index (κ3) is 3.36. The Morgan fingerprint density at radius 1 is 1.19 bits per heavy atom. The molecule has 3 rings (SSSR count). The maximum absolute atomic E-state index is 12.8. The van der Waals surface area contributed by atoms with Gasteiger partial charge in [0.05, 0.1) is 11.1 Å². The molecule has 1 aromatic carbocycles. The molecule has 2 heterocycles. The van der Waals surface area contributed by atoms with E-state index in [4.69, 9.17) is 9.84 Å². The molecule has 0 amide bonds. The average molecular weight is 372 g/mol. The monoisotopic (exact) mass is 372 g/mol. The molecule has 0 fully saturated rings. The van der Waals surface area contributed by atoms with E-state index < -0.39 is 23.4 Å². The summed E-state index contributed by atoms with van der Waals surface area (Å²) < 4.78 is 6.67. The zero-order chi connectivity index (χ0) is 19.1. The van der Waals surface area contributed by atoms with E-state index in [9.17, 15) is 14.4 Å². The summed E-state index contributed by atoms with van der Waals surface area (Å²) in [5, 5.41) is 10.9. The molecule has 134 valence electrons. The number of ketones is 1. The Bertz CT molecular complexity index is 1030. The lowest BCUT2D eigenvalue weighted by molar-refractivity contribution is 0.0543. The third-order valence-corrected chi connectivity index (χ3v) is 4.31. The molecule has 0 aliphatic rings. The number of benzene rings is 1. The molecule has 1 N–H and O–H groups in total. The number of ether oxygens (including phenoxy) is 1. The van der Waals surface area contributed by atoms with Gasteiger partial charge in [-0.2, -0.15) is 0 Å². The van der Waals surface area contributed by atoms with Crippen molar-refractivity contribution >= 4 is 40.1 Å². The molecular formula is C18H16N2O5S. The van der Waals surface area contributed by atoms with Crippen molar-refractivity contribution < 1.29 is 24.2 Å². The van der Waals surface area contributed by atoms with Gasteiger partial charge in [-0.05, 0) is 26.8 Å². The van der Waals surface area contributed by atoms with Crippen LogP contribution in [0.2, 0.25) is 0 Å². The molecule has 0 saturated carbocycles. The fraction of sp³-hybridized carbons (Fsp3) is 0.222. The molecule has 3 aromatic rings. The number of para-hydroxylation sites is 1. The number of carboxylic acid groups (broad SMARTS) is 1. The molecule has 0 bridgehead atoms. The van der Waals surface area contributed by atoms with Crippen molar-refractivity contribution in [3.05, 3.63) is 52.1 Å². The molecule has 26 heavy (non-hydrogen) atoms. The van der Waals surface area contributed by atoms with Crippen LogP contribution in [0.25, 0.3) is 10.9 Å². The zero-order valence-corrected chi connectivity index (χ0v) is 15.2. The molecule has 0 unspecified atom stereocenters. The number of carbonyl (C=O) groups is 3. The molecule has 0 saturated heterocycles. The second kappa shape index (κ2) is 6.38. The number of rotatable bonds is 3. The Kier molecular flexibility index (Phi) is 4.37. The van der Waals surface area contributed by atoms with Crippen molar-refractivity contribution in [1.82, 2.24) is 9.55 Å². The van der Waals surface area contributed by atoms with Crippen LogP contribution in [-0.4, -0.2) is 38.1 Å². The second-order valence-electron chi connectivity index (χ2n) is 6.58. The van der Waals surface area contributed by atoms with Crippen LogP contribution in [0.3, 0.4) is 0 Å². The van der Waals surface area contributed by atoms with Gasteiger partial charge in [-0.15, -0.1) is 11.3 Å². The molecule has 0 atom stereocenters. The highest BCUT2D eigenvalue weighted by atomic mass is 32.1. The van der Waals surface area contributed by atoms with E-state index in [0.717, 1.165) is 11.3 Å². The summed E-state index contributed by atoms with van der Waals surface area (Å²) >= 11 is 0.950. The molecular weight excluding hydrogens is 356 g/mol. The number of carboxylic acids is 1. The summed E-state index contributed by atoms with van der Waals surface area (Å²) in [6.45, 7) is 5.27. The van der Waals surface area contributed by atoms with Crippen LogP contribution < -0.4 is 0 Å². The van der Waals surface area contributed by atoms with Gasteiger partial charge in [0.25, 0.3) is 0 Å². The number of aromatic nitrogens is 2. The van der Waals surface area contributed by atoms with Gasteiger partial charge in [-0.25, -0.2) is 14.6 Å². The van der Waals surface area contributed by atoms with E-state index in [1.807, 2.05) is 0 Å². The number of fused-ring (bicyclic) bond motifs is 1. The van der Waals surface area contributed by atoms with Crippen molar-refractivity contribution in [3.63, 3.8) is 0 Å². The zero-order valence-electron chi connectivity index (χ0n) is 14.3. The fourth-order valence-electron chi connectivity index (χ4n) is 2.41. The van der Waals surface area contributed by atoms with Gasteiger partial charge in [-0.3, -0.25) is 9.36 Å². The van der Waals surface area contributed by atoms with Crippen molar-refractivity contribution in [3.8, 4) is 0 Å². The average Bonchev–Trinajstić information content (AvgIpc) is 3.18. The number of hydrogen-bond donors (Lipinski definition) is 1. The standard InChI is InChI=1S/C18H16N2O5S/c1-18(2,3)25-17(24)20-8-11(10-6-4-5-7-13(10)20)14(21)15-19-12(9-26-15)16(22)23/h4-9H,1-3H3,(H,22,23). The largest absolute Gasteiger partial charge is 0.476 e. The van der Waals surface area contributed by atoms with E-state index in [0.29, 0.717) is 10.9 Å². The summed E-state index contributed by atoms with van der Waals surface area (Å²) in [7, 11) is 0.